The Morgan fingerprint density at radius 1 is 0.435 bits per heavy atom. The lowest BCUT2D eigenvalue weighted by Gasteiger charge is -2.34. The minimum absolute atomic E-state index is 0.00633. The number of aromatic nitrogens is 5. The number of ketones is 1. The number of imidazole rings is 1. The number of rotatable bonds is 49. The molecule has 0 radical (unpaired) electrons. The van der Waals surface area contributed by atoms with E-state index in [4.69, 9.17) is 33.4 Å². The topological polar surface area (TPSA) is 258 Å². The van der Waals surface area contributed by atoms with Crippen molar-refractivity contribution in [3.8, 4) is 28.4 Å². The number of hydrogen-bond donors (Lipinski definition) is 2. The molecule has 0 fully saturated rings. The van der Waals surface area contributed by atoms with E-state index in [-0.39, 0.29) is 44.5 Å². The molecule has 2 N–H and O–H groups in total. The first-order valence-corrected chi connectivity index (χ1v) is 36.3. The molecule has 0 spiro atoms. The maximum atomic E-state index is 14.3. The van der Waals surface area contributed by atoms with Crippen molar-refractivity contribution in [3.63, 3.8) is 0 Å². The molecule has 0 aliphatic carbocycles. The van der Waals surface area contributed by atoms with E-state index < -0.39 is 199 Å². The van der Waals surface area contributed by atoms with Crippen LogP contribution in [0.2, 0.25) is 0 Å². The fourth-order valence-corrected chi connectivity index (χ4v) is 11.4. The molecular formula is C78H80F15N7O15. The molecule has 0 aliphatic rings. The molecule has 115 heavy (non-hydrogen) atoms. The van der Waals surface area contributed by atoms with Gasteiger partial charge in [0.2, 0.25) is 122 Å². The molecule has 0 unspecified atom stereocenters. The van der Waals surface area contributed by atoms with Crippen molar-refractivity contribution in [2.75, 3.05) is 85.8 Å². The van der Waals surface area contributed by atoms with Gasteiger partial charge in [-0.1, -0.05) is 81.2 Å². The van der Waals surface area contributed by atoms with E-state index in [1.54, 1.807) is 24.5 Å². The average molecular weight is 1640 g/mol. The van der Waals surface area contributed by atoms with Crippen molar-refractivity contribution in [2.24, 2.45) is 0 Å². The largest absolute Gasteiger partial charge is 0.420 e. The summed E-state index contributed by atoms with van der Waals surface area (Å²) in [5.41, 5.74) is 5.06. The van der Waals surface area contributed by atoms with E-state index in [0.717, 1.165) is 97.5 Å². The van der Waals surface area contributed by atoms with E-state index in [9.17, 15) is 94.6 Å². The van der Waals surface area contributed by atoms with Crippen LogP contribution in [-0.4, -0.2) is 151 Å². The van der Waals surface area contributed by atoms with Crippen LogP contribution in [0.25, 0.3) is 22.2 Å². The Bertz CT molecular complexity index is 4380. The van der Waals surface area contributed by atoms with E-state index in [1.807, 2.05) is 40.7 Å². The first-order chi connectivity index (χ1) is 55.1. The maximum Gasteiger partial charge on any atom is 0.313 e. The number of benzene rings is 5. The van der Waals surface area contributed by atoms with Crippen LogP contribution in [0.5, 0.6) is 17.2 Å². The highest BCUT2D eigenvalue weighted by Gasteiger charge is 2.36. The highest BCUT2D eigenvalue weighted by molar-refractivity contribution is 6.08. The lowest BCUT2D eigenvalue weighted by molar-refractivity contribution is -0.138. The number of nitrogens with zero attached hydrogens (tertiary/aromatic N) is 5. The normalized spacial score (nSPS) is 11.6. The molecule has 3 heterocycles. The Morgan fingerprint density at radius 2 is 0.870 bits per heavy atom. The van der Waals surface area contributed by atoms with Gasteiger partial charge in [-0.25, -0.2) is 44.5 Å². The number of esters is 3. The van der Waals surface area contributed by atoms with Crippen molar-refractivity contribution in [1.82, 2.24) is 34.9 Å². The fraction of sp³-hybridized carbons (Fsp3) is 0.423. The summed E-state index contributed by atoms with van der Waals surface area (Å²) in [5.74, 6) is -49.8. The van der Waals surface area contributed by atoms with Crippen molar-refractivity contribution in [2.45, 2.75) is 129 Å². The molecule has 5 aromatic carbocycles. The number of amides is 2. The van der Waals surface area contributed by atoms with Gasteiger partial charge in [0.05, 0.1) is 122 Å². The Kier molecular flexibility index (Phi) is 34.9. The molecule has 22 nitrogen and oxygen atoms in total. The lowest BCUT2D eigenvalue weighted by Crippen LogP contribution is -2.59. The summed E-state index contributed by atoms with van der Waals surface area (Å²) < 4.78 is 260. The summed E-state index contributed by atoms with van der Waals surface area (Å²) in [6.07, 6.45) is 13.4. The molecule has 0 bridgehead atoms. The molecule has 2 amide bonds. The Hall–Kier alpha value is -10.3. The second-order valence-corrected chi connectivity index (χ2v) is 26.3. The maximum absolute atomic E-state index is 14.3. The van der Waals surface area contributed by atoms with Gasteiger partial charge in [-0.15, -0.1) is 0 Å². The molecule has 0 aliphatic heterocycles. The van der Waals surface area contributed by atoms with Crippen LogP contribution in [0.3, 0.4) is 0 Å². The zero-order valence-electron chi connectivity index (χ0n) is 62.2. The molecule has 0 atom stereocenters. The standard InChI is InChI=1S/C78H80F15N7O15/c1-45-13-14-46(2)49(37-45)41-100-52-38-48(15-16-51(52)97-77(100)73(106)47-17-25-94-26-18-47)50-39-96-99(40-50)27-34-107-28-12-10-8-6-4-3-5-7-9-11-24-95-53(101)19-29-108-35-36-109-30-20-54(102)98-78(42-110-31-21-55(103)113-74-67(88)61(82)58(79)62(83)68(74)89,43-111-32-22-56(104)114-75-69(90)63(84)59(80)64(85)70(75)91)44-112-33-23-57(105)115-76-71(92)65(86)60(81)66(87)72(76)93/h13-18,25-26,37-40H,3-12,19-24,27-36,41-44H2,1-2H3,(H,95,101)(H,98,102). The van der Waals surface area contributed by atoms with Crippen molar-refractivity contribution in [3.05, 3.63) is 189 Å². The van der Waals surface area contributed by atoms with Crippen LogP contribution in [0, 0.1) is 101 Å². The fourth-order valence-electron chi connectivity index (χ4n) is 11.4. The van der Waals surface area contributed by atoms with Crippen LogP contribution in [0.1, 0.15) is 129 Å². The number of aryl methyl sites for hydroxylation is 2. The number of carbonyl (C=O) groups is 6. The molecule has 37 heteroatoms. The third kappa shape index (κ3) is 25.8. The van der Waals surface area contributed by atoms with Gasteiger partial charge in [0.15, 0.2) is 5.82 Å². The van der Waals surface area contributed by atoms with Crippen molar-refractivity contribution in [1.29, 1.82) is 0 Å². The van der Waals surface area contributed by atoms with Crippen LogP contribution in [0.4, 0.5) is 65.9 Å². The van der Waals surface area contributed by atoms with Gasteiger partial charge in [-0.05, 0) is 67.6 Å². The number of unbranched alkanes of at least 4 members (excludes halogenated alkanes) is 9. The summed E-state index contributed by atoms with van der Waals surface area (Å²) in [6, 6.07) is 15.6. The number of halogens is 15. The minimum Gasteiger partial charge on any atom is -0.420 e. The Labute approximate surface area is 648 Å². The van der Waals surface area contributed by atoms with Crippen LogP contribution >= 0.6 is 0 Å². The monoisotopic (exact) mass is 1640 g/mol. The van der Waals surface area contributed by atoms with E-state index in [0.29, 0.717) is 49.8 Å². The van der Waals surface area contributed by atoms with Gasteiger partial charge in [0, 0.05) is 55.7 Å². The SMILES string of the molecule is Cc1ccc(C)c(Cn2c(C(=O)c3ccncc3)nc3ccc(-c4cnn(CCOCCCCCCCCCCCCNC(=O)CCOCCOCCC(=O)NC(COCCC(=O)Oc5c(F)c(F)c(F)c(F)c5F)(COCCC(=O)Oc5c(F)c(F)c(F)c(F)c5F)COCCC(=O)Oc5c(F)c(F)c(F)c(F)c5F)c4)cc32)c1. The number of fused-ring (bicyclic) bond motifs is 1. The lowest BCUT2D eigenvalue weighted by atomic mass is 10.0. The molecule has 0 saturated heterocycles. The van der Waals surface area contributed by atoms with E-state index >= 15 is 0 Å². The van der Waals surface area contributed by atoms with Gasteiger partial charge < -0.3 is 57.8 Å². The minimum atomic E-state index is -2.58. The smallest absolute Gasteiger partial charge is 0.313 e. The number of ether oxygens (including phenoxy) is 9. The summed E-state index contributed by atoms with van der Waals surface area (Å²) in [6.45, 7) is 0.610. The predicted octanol–water partition coefficient (Wildman–Crippen LogP) is 14.0. The summed E-state index contributed by atoms with van der Waals surface area (Å²) in [7, 11) is 0. The first-order valence-electron chi connectivity index (χ1n) is 36.3. The Morgan fingerprint density at radius 3 is 1.36 bits per heavy atom. The first kappa shape index (κ1) is 90.2. The third-order valence-electron chi connectivity index (χ3n) is 17.6. The van der Waals surface area contributed by atoms with Gasteiger partial charge in [0.25, 0.3) is 0 Å². The molecule has 8 rings (SSSR count). The van der Waals surface area contributed by atoms with Gasteiger partial charge >= 0.3 is 17.9 Å². The molecule has 8 aromatic rings. The van der Waals surface area contributed by atoms with E-state index in [1.165, 1.54) is 0 Å². The summed E-state index contributed by atoms with van der Waals surface area (Å²) in [4.78, 5) is 86.4. The van der Waals surface area contributed by atoms with Crippen LogP contribution in [0.15, 0.2) is 73.3 Å². The molecule has 0 saturated carbocycles. The van der Waals surface area contributed by atoms with Crippen LogP contribution in [-0.2, 0) is 65.5 Å². The van der Waals surface area contributed by atoms with Crippen LogP contribution < -0.4 is 24.8 Å². The molecule has 622 valence electrons. The van der Waals surface area contributed by atoms with Crippen molar-refractivity contribution < 1.29 is 137 Å². The highest BCUT2D eigenvalue weighted by Crippen LogP contribution is 2.34. The number of pyridine rings is 1. The zero-order valence-corrected chi connectivity index (χ0v) is 62.2. The summed E-state index contributed by atoms with van der Waals surface area (Å²) in [5, 5.41) is 9.84. The molecule has 3 aromatic heterocycles. The highest BCUT2D eigenvalue weighted by atomic mass is 19.2. The van der Waals surface area contributed by atoms with E-state index in [2.05, 4.69) is 66.1 Å². The number of carbonyl (C=O) groups excluding carboxylic acids is 6. The third-order valence-corrected chi connectivity index (χ3v) is 17.6. The molecular weight excluding hydrogens is 1560 g/mol. The quantitative estimate of drug-likeness (QED) is 0.00683. The second kappa shape index (κ2) is 44.5. The predicted molar refractivity (Wildman–Crippen MR) is 377 cm³/mol. The average Bonchev–Trinajstić information content (AvgIpc) is 1.43. The van der Waals surface area contributed by atoms with Gasteiger partial charge in [-0.3, -0.25) is 38.4 Å². The number of hydrogen-bond acceptors (Lipinski definition) is 18. The van der Waals surface area contributed by atoms with Crippen molar-refractivity contribution >= 4 is 46.5 Å². The zero-order chi connectivity index (χ0) is 83.3. The number of nitrogens with one attached hydrogen (secondary N) is 2. The second-order valence-electron chi connectivity index (χ2n) is 26.3. The Balaban J connectivity index is 0.706. The van der Waals surface area contributed by atoms with Gasteiger partial charge in [-0.2, -0.15) is 31.4 Å². The van der Waals surface area contributed by atoms with Gasteiger partial charge in [0.1, 0.15) is 5.54 Å². The summed E-state index contributed by atoms with van der Waals surface area (Å²) >= 11 is 0.